The summed E-state index contributed by atoms with van der Waals surface area (Å²) in [5, 5.41) is 0.527. The van der Waals surface area contributed by atoms with Crippen LogP contribution >= 0.6 is 11.6 Å². The van der Waals surface area contributed by atoms with E-state index in [1.807, 2.05) is 19.1 Å². The van der Waals surface area contributed by atoms with Crippen LogP contribution in [0.4, 0.5) is 4.39 Å². The van der Waals surface area contributed by atoms with E-state index in [0.29, 0.717) is 17.4 Å². The number of ether oxygens (including phenoxy) is 1. The smallest absolute Gasteiger partial charge is 0.138 e. The number of hydrogen-bond donors (Lipinski definition) is 0. The summed E-state index contributed by atoms with van der Waals surface area (Å²) < 4.78 is 17.8. The van der Waals surface area contributed by atoms with Crippen LogP contribution in [-0.4, -0.2) is 13.3 Å². The summed E-state index contributed by atoms with van der Waals surface area (Å²) in [6.07, 6.45) is 0. The molecule has 1 aromatic rings. The molecule has 1 aromatic carbocycles. The van der Waals surface area contributed by atoms with E-state index >= 15 is 0 Å². The maximum Gasteiger partial charge on any atom is 0.138 e. The Balaban J connectivity index is 3.00. The molecule has 0 saturated carbocycles. The Morgan fingerprint density at radius 3 is 2.79 bits per heavy atom. The second-order valence-corrected chi connectivity index (χ2v) is 3.53. The first-order chi connectivity index (χ1) is 6.70. The Kier molecular flexibility index (Phi) is 4.21. The molecule has 0 saturated heterocycles. The fourth-order valence-corrected chi connectivity index (χ4v) is 1.63. The predicted molar refractivity (Wildman–Crippen MR) is 57.0 cm³/mol. The highest BCUT2D eigenvalue weighted by atomic mass is 35.5. The zero-order chi connectivity index (χ0) is 10.6. The van der Waals surface area contributed by atoms with Crippen LogP contribution in [0.1, 0.15) is 25.3 Å². The minimum atomic E-state index is -0.407. The SMILES string of the molecule is CCOc1cccc(C(C)CF)c1Cl. The first-order valence-corrected chi connectivity index (χ1v) is 5.05. The first kappa shape index (κ1) is 11.3. The van der Waals surface area contributed by atoms with Gasteiger partial charge in [-0.2, -0.15) is 0 Å². The van der Waals surface area contributed by atoms with E-state index in [1.165, 1.54) is 0 Å². The number of hydrogen-bond acceptors (Lipinski definition) is 1. The molecule has 0 aliphatic rings. The van der Waals surface area contributed by atoms with Gasteiger partial charge in [-0.3, -0.25) is 4.39 Å². The summed E-state index contributed by atoms with van der Waals surface area (Å²) in [5.41, 5.74) is 0.806. The second-order valence-electron chi connectivity index (χ2n) is 3.15. The van der Waals surface area contributed by atoms with E-state index in [-0.39, 0.29) is 5.92 Å². The van der Waals surface area contributed by atoms with Crippen molar-refractivity contribution in [2.45, 2.75) is 19.8 Å². The van der Waals surface area contributed by atoms with Crippen molar-refractivity contribution >= 4 is 11.6 Å². The third-order valence-corrected chi connectivity index (χ3v) is 2.46. The molecule has 1 nitrogen and oxygen atoms in total. The fourth-order valence-electron chi connectivity index (χ4n) is 1.26. The Bertz CT molecular complexity index is 301. The first-order valence-electron chi connectivity index (χ1n) is 4.67. The molecule has 78 valence electrons. The summed E-state index contributed by atoms with van der Waals surface area (Å²) in [7, 11) is 0. The van der Waals surface area contributed by atoms with Gasteiger partial charge in [-0.05, 0) is 18.6 Å². The summed E-state index contributed by atoms with van der Waals surface area (Å²) in [6.45, 7) is 3.85. The van der Waals surface area contributed by atoms with Gasteiger partial charge in [0, 0.05) is 5.92 Å². The van der Waals surface area contributed by atoms with Crippen LogP contribution in [0.15, 0.2) is 18.2 Å². The Morgan fingerprint density at radius 2 is 2.21 bits per heavy atom. The van der Waals surface area contributed by atoms with Crippen LogP contribution in [0.2, 0.25) is 5.02 Å². The van der Waals surface area contributed by atoms with Crippen molar-refractivity contribution in [2.75, 3.05) is 13.3 Å². The van der Waals surface area contributed by atoms with Gasteiger partial charge in [0.1, 0.15) is 5.75 Å². The van der Waals surface area contributed by atoms with Crippen molar-refractivity contribution in [1.82, 2.24) is 0 Å². The van der Waals surface area contributed by atoms with Gasteiger partial charge in [0.05, 0.1) is 18.3 Å². The minimum Gasteiger partial charge on any atom is -0.492 e. The zero-order valence-electron chi connectivity index (χ0n) is 8.39. The Hall–Kier alpha value is -0.760. The number of benzene rings is 1. The van der Waals surface area contributed by atoms with Crippen LogP contribution < -0.4 is 4.74 Å². The van der Waals surface area contributed by atoms with Crippen LogP contribution in [0, 0.1) is 0 Å². The lowest BCUT2D eigenvalue weighted by molar-refractivity contribution is 0.339. The molecule has 0 fully saturated rings. The zero-order valence-corrected chi connectivity index (χ0v) is 9.14. The summed E-state index contributed by atoms with van der Waals surface area (Å²) in [6, 6.07) is 5.45. The maximum absolute atomic E-state index is 12.5. The molecule has 0 aliphatic heterocycles. The highest BCUT2D eigenvalue weighted by molar-refractivity contribution is 6.32. The number of halogens is 2. The van der Waals surface area contributed by atoms with E-state index in [4.69, 9.17) is 16.3 Å². The van der Waals surface area contributed by atoms with E-state index in [1.54, 1.807) is 13.0 Å². The second kappa shape index (κ2) is 5.20. The van der Waals surface area contributed by atoms with Gasteiger partial charge < -0.3 is 4.74 Å². The highest BCUT2D eigenvalue weighted by Gasteiger charge is 2.12. The van der Waals surface area contributed by atoms with Crippen molar-refractivity contribution in [3.8, 4) is 5.75 Å². The largest absolute Gasteiger partial charge is 0.492 e. The molecule has 0 N–H and O–H groups in total. The van der Waals surface area contributed by atoms with Crippen molar-refractivity contribution in [3.63, 3.8) is 0 Å². The minimum absolute atomic E-state index is 0.178. The standard InChI is InChI=1S/C11H14ClFO/c1-3-14-10-6-4-5-9(11(10)12)8(2)7-13/h4-6,8H,3,7H2,1-2H3. The molecule has 0 radical (unpaired) electrons. The normalized spacial score (nSPS) is 12.6. The third-order valence-electron chi connectivity index (χ3n) is 2.06. The van der Waals surface area contributed by atoms with Gasteiger partial charge in [0.25, 0.3) is 0 Å². The molecule has 0 spiro atoms. The molecule has 0 aliphatic carbocycles. The van der Waals surface area contributed by atoms with E-state index in [9.17, 15) is 4.39 Å². The molecule has 1 unspecified atom stereocenters. The number of rotatable bonds is 4. The van der Waals surface area contributed by atoms with Crippen molar-refractivity contribution < 1.29 is 9.13 Å². The number of alkyl halides is 1. The molecular formula is C11H14ClFO. The lowest BCUT2D eigenvalue weighted by Crippen LogP contribution is -1.99. The lowest BCUT2D eigenvalue weighted by atomic mass is 10.0. The molecule has 14 heavy (non-hydrogen) atoms. The third kappa shape index (κ3) is 2.38. The van der Waals surface area contributed by atoms with Crippen LogP contribution in [-0.2, 0) is 0 Å². The molecule has 0 aromatic heterocycles. The lowest BCUT2D eigenvalue weighted by Gasteiger charge is -2.13. The monoisotopic (exact) mass is 216 g/mol. The summed E-state index contributed by atoms with van der Waals surface area (Å²) >= 11 is 6.07. The molecule has 3 heteroatoms. The quantitative estimate of drug-likeness (QED) is 0.744. The molecule has 1 rings (SSSR count). The van der Waals surface area contributed by atoms with Gasteiger partial charge in [-0.15, -0.1) is 0 Å². The van der Waals surface area contributed by atoms with Gasteiger partial charge in [0.2, 0.25) is 0 Å². The van der Waals surface area contributed by atoms with Gasteiger partial charge >= 0.3 is 0 Å². The van der Waals surface area contributed by atoms with Crippen LogP contribution in [0.3, 0.4) is 0 Å². The fraction of sp³-hybridized carbons (Fsp3) is 0.455. The molecule has 0 amide bonds. The average molecular weight is 217 g/mol. The average Bonchev–Trinajstić information content (AvgIpc) is 2.20. The van der Waals surface area contributed by atoms with Gasteiger partial charge in [-0.1, -0.05) is 30.7 Å². The summed E-state index contributed by atoms with van der Waals surface area (Å²) in [4.78, 5) is 0. The topological polar surface area (TPSA) is 9.23 Å². The van der Waals surface area contributed by atoms with Crippen LogP contribution in [0.5, 0.6) is 5.75 Å². The van der Waals surface area contributed by atoms with Crippen molar-refractivity contribution in [2.24, 2.45) is 0 Å². The molecule has 0 heterocycles. The van der Waals surface area contributed by atoms with Crippen molar-refractivity contribution in [3.05, 3.63) is 28.8 Å². The van der Waals surface area contributed by atoms with Gasteiger partial charge in [0.15, 0.2) is 0 Å². The Labute approximate surface area is 88.8 Å². The Morgan fingerprint density at radius 1 is 1.50 bits per heavy atom. The van der Waals surface area contributed by atoms with E-state index < -0.39 is 6.67 Å². The van der Waals surface area contributed by atoms with E-state index in [0.717, 1.165) is 5.56 Å². The predicted octanol–water partition coefficient (Wildman–Crippen LogP) is 3.81. The molecule has 0 bridgehead atoms. The molecule has 1 atom stereocenters. The maximum atomic E-state index is 12.5. The van der Waals surface area contributed by atoms with Crippen molar-refractivity contribution in [1.29, 1.82) is 0 Å². The van der Waals surface area contributed by atoms with Gasteiger partial charge in [-0.25, -0.2) is 0 Å². The molecular weight excluding hydrogens is 203 g/mol. The van der Waals surface area contributed by atoms with Crippen LogP contribution in [0.25, 0.3) is 0 Å². The van der Waals surface area contributed by atoms with E-state index in [2.05, 4.69) is 0 Å². The highest BCUT2D eigenvalue weighted by Crippen LogP contribution is 2.32. The summed E-state index contributed by atoms with van der Waals surface area (Å²) in [5.74, 6) is 0.454.